The summed E-state index contributed by atoms with van der Waals surface area (Å²) < 4.78 is 0. The Kier molecular flexibility index (Phi) is 2.67. The maximum atomic E-state index is 11.6. The predicted molar refractivity (Wildman–Crippen MR) is 69.4 cm³/mol. The highest BCUT2D eigenvalue weighted by Gasteiger charge is 2.52. The van der Waals surface area contributed by atoms with E-state index < -0.39 is 11.4 Å². The van der Waals surface area contributed by atoms with Gasteiger partial charge in [0.15, 0.2) is 0 Å². The van der Waals surface area contributed by atoms with Crippen LogP contribution in [0.25, 0.3) is 0 Å². The molecule has 0 aliphatic heterocycles. The Bertz CT molecular complexity index is 481. The number of nitrogens with two attached hydrogens (primary N) is 1. The van der Waals surface area contributed by atoms with E-state index in [1.807, 2.05) is 12.1 Å². The van der Waals surface area contributed by atoms with Crippen LogP contribution in [-0.4, -0.2) is 17.6 Å². The molecule has 2 atom stereocenters. The Balaban J connectivity index is 1.81. The summed E-state index contributed by atoms with van der Waals surface area (Å²) in [7, 11) is 0. The van der Waals surface area contributed by atoms with Gasteiger partial charge in [-0.25, -0.2) is 0 Å². The average molecular weight is 245 g/mol. The van der Waals surface area contributed by atoms with Crippen molar-refractivity contribution in [3.8, 4) is 0 Å². The first-order valence-corrected chi connectivity index (χ1v) is 6.68. The van der Waals surface area contributed by atoms with Crippen LogP contribution in [0.15, 0.2) is 24.3 Å². The number of carboxylic acid groups (broad SMARTS) is 1. The molecule has 96 valence electrons. The number of benzene rings is 1. The summed E-state index contributed by atoms with van der Waals surface area (Å²) >= 11 is 0. The fraction of sp³-hybridized carbons (Fsp3) is 0.533. The smallest absolute Gasteiger partial charge is 0.311 e. The van der Waals surface area contributed by atoms with Crippen molar-refractivity contribution in [1.29, 1.82) is 0 Å². The van der Waals surface area contributed by atoms with Gasteiger partial charge in [-0.05, 0) is 48.6 Å². The lowest BCUT2D eigenvalue weighted by Crippen LogP contribution is -2.43. The molecule has 2 aliphatic carbocycles. The van der Waals surface area contributed by atoms with Crippen molar-refractivity contribution in [2.45, 2.75) is 31.6 Å². The summed E-state index contributed by atoms with van der Waals surface area (Å²) in [4.78, 5) is 11.6. The van der Waals surface area contributed by atoms with E-state index in [1.165, 1.54) is 11.1 Å². The van der Waals surface area contributed by atoms with Crippen molar-refractivity contribution in [3.05, 3.63) is 35.4 Å². The van der Waals surface area contributed by atoms with Gasteiger partial charge < -0.3 is 10.8 Å². The number of carbonyl (C=O) groups is 1. The zero-order valence-corrected chi connectivity index (χ0v) is 10.4. The molecule has 3 N–H and O–H groups in total. The molecular formula is C15H19NO2. The van der Waals surface area contributed by atoms with Gasteiger partial charge in [-0.3, -0.25) is 4.79 Å². The Morgan fingerprint density at radius 3 is 2.67 bits per heavy atom. The van der Waals surface area contributed by atoms with Crippen LogP contribution in [0.4, 0.5) is 0 Å². The molecule has 0 radical (unpaired) electrons. The highest BCUT2D eigenvalue weighted by molar-refractivity contribution is 5.76. The van der Waals surface area contributed by atoms with Crippen LogP contribution >= 0.6 is 0 Å². The third kappa shape index (κ3) is 1.65. The first-order chi connectivity index (χ1) is 8.67. The Hall–Kier alpha value is -1.35. The quantitative estimate of drug-likeness (QED) is 0.835. The molecular weight excluding hydrogens is 226 g/mol. The third-order valence-electron chi connectivity index (χ3n) is 4.72. The normalized spacial score (nSPS) is 24.8. The Morgan fingerprint density at radius 2 is 2.11 bits per heavy atom. The number of carboxylic acids is 1. The minimum Gasteiger partial charge on any atom is -0.481 e. The molecule has 0 aromatic heterocycles. The second-order valence-corrected chi connectivity index (χ2v) is 5.74. The first-order valence-electron chi connectivity index (χ1n) is 6.68. The van der Waals surface area contributed by atoms with Gasteiger partial charge in [-0.2, -0.15) is 0 Å². The van der Waals surface area contributed by atoms with Gasteiger partial charge in [0.2, 0.25) is 0 Å². The number of aliphatic carboxylic acids is 1. The number of fused-ring (bicyclic) bond motifs is 1. The zero-order chi connectivity index (χ0) is 12.8. The Morgan fingerprint density at radius 1 is 1.39 bits per heavy atom. The maximum absolute atomic E-state index is 11.6. The van der Waals surface area contributed by atoms with E-state index in [4.69, 9.17) is 5.73 Å². The molecule has 0 heterocycles. The second kappa shape index (κ2) is 4.09. The number of hydrogen-bond acceptors (Lipinski definition) is 2. The topological polar surface area (TPSA) is 63.3 Å². The number of rotatable bonds is 5. The molecule has 1 aromatic carbocycles. The van der Waals surface area contributed by atoms with E-state index in [-0.39, 0.29) is 6.54 Å². The fourth-order valence-corrected chi connectivity index (χ4v) is 3.39. The molecule has 3 nitrogen and oxygen atoms in total. The average Bonchev–Trinajstić information content (AvgIpc) is 3.15. The van der Waals surface area contributed by atoms with Gasteiger partial charge in [-0.15, -0.1) is 0 Å². The summed E-state index contributed by atoms with van der Waals surface area (Å²) in [6.45, 7) is 0.270. The van der Waals surface area contributed by atoms with E-state index in [9.17, 15) is 9.90 Å². The third-order valence-corrected chi connectivity index (χ3v) is 4.72. The standard InChI is InChI=1S/C15H19NO2/c16-9-15(14(17)18,12-5-6-12)8-11-7-10-3-1-2-4-13(10)11/h1-4,11-12H,5-9,16H2,(H,17,18). The van der Waals surface area contributed by atoms with E-state index in [2.05, 4.69) is 12.1 Å². The summed E-state index contributed by atoms with van der Waals surface area (Å²) in [5.74, 6) is -0.00825. The largest absolute Gasteiger partial charge is 0.481 e. The molecule has 0 saturated heterocycles. The second-order valence-electron chi connectivity index (χ2n) is 5.74. The van der Waals surface area contributed by atoms with Crippen LogP contribution in [0.5, 0.6) is 0 Å². The van der Waals surface area contributed by atoms with Crippen molar-refractivity contribution in [1.82, 2.24) is 0 Å². The molecule has 2 aliphatic rings. The SMILES string of the molecule is NCC(CC1Cc2ccccc21)(C(=O)O)C1CC1. The van der Waals surface area contributed by atoms with Crippen molar-refractivity contribution < 1.29 is 9.90 Å². The van der Waals surface area contributed by atoms with Gasteiger partial charge in [0.25, 0.3) is 0 Å². The van der Waals surface area contributed by atoms with Crippen LogP contribution in [0.2, 0.25) is 0 Å². The predicted octanol–water partition coefficient (Wildman–Crippen LogP) is 2.16. The van der Waals surface area contributed by atoms with Gasteiger partial charge >= 0.3 is 5.97 Å². The Labute approximate surface area is 107 Å². The molecule has 3 heteroatoms. The van der Waals surface area contributed by atoms with Gasteiger partial charge in [0, 0.05) is 6.54 Å². The molecule has 1 aromatic rings. The molecule has 3 rings (SSSR count). The molecule has 18 heavy (non-hydrogen) atoms. The summed E-state index contributed by atoms with van der Waals surface area (Å²) in [6, 6.07) is 8.34. The van der Waals surface area contributed by atoms with Crippen molar-refractivity contribution in [2.24, 2.45) is 17.1 Å². The maximum Gasteiger partial charge on any atom is 0.311 e. The molecule has 0 spiro atoms. The molecule has 1 fully saturated rings. The van der Waals surface area contributed by atoms with E-state index in [1.54, 1.807) is 0 Å². The lowest BCUT2D eigenvalue weighted by molar-refractivity contribution is -0.150. The van der Waals surface area contributed by atoms with Crippen LogP contribution in [0.1, 0.15) is 36.3 Å². The minimum absolute atomic E-state index is 0.270. The number of hydrogen-bond donors (Lipinski definition) is 2. The van der Waals surface area contributed by atoms with Crippen LogP contribution in [0, 0.1) is 11.3 Å². The van der Waals surface area contributed by atoms with Gasteiger partial charge in [-0.1, -0.05) is 24.3 Å². The van der Waals surface area contributed by atoms with Gasteiger partial charge in [0.05, 0.1) is 5.41 Å². The van der Waals surface area contributed by atoms with Crippen molar-refractivity contribution in [3.63, 3.8) is 0 Å². The fourth-order valence-electron chi connectivity index (χ4n) is 3.39. The van der Waals surface area contributed by atoms with Crippen molar-refractivity contribution in [2.75, 3.05) is 6.54 Å². The van der Waals surface area contributed by atoms with Crippen molar-refractivity contribution >= 4 is 5.97 Å². The molecule has 2 unspecified atom stereocenters. The molecule has 1 saturated carbocycles. The lowest BCUT2D eigenvalue weighted by Gasteiger charge is -2.38. The first kappa shape index (κ1) is 11.7. The van der Waals surface area contributed by atoms with Gasteiger partial charge in [0.1, 0.15) is 0 Å². The minimum atomic E-state index is -0.697. The van der Waals surface area contributed by atoms with Crippen LogP contribution in [-0.2, 0) is 11.2 Å². The zero-order valence-electron chi connectivity index (χ0n) is 10.4. The lowest BCUT2D eigenvalue weighted by atomic mass is 9.66. The van der Waals surface area contributed by atoms with E-state index >= 15 is 0 Å². The van der Waals surface area contributed by atoms with Crippen LogP contribution in [0.3, 0.4) is 0 Å². The highest BCUT2D eigenvalue weighted by Crippen LogP contribution is 2.52. The summed E-state index contributed by atoms with van der Waals surface area (Å²) in [5, 5.41) is 9.57. The monoisotopic (exact) mass is 245 g/mol. The van der Waals surface area contributed by atoms with Crippen LogP contribution < -0.4 is 5.73 Å². The molecule has 0 amide bonds. The van der Waals surface area contributed by atoms with E-state index in [0.717, 1.165) is 19.3 Å². The summed E-state index contributed by atoms with van der Waals surface area (Å²) in [6.07, 6.45) is 3.77. The van der Waals surface area contributed by atoms with E-state index in [0.29, 0.717) is 18.3 Å². The molecule has 0 bridgehead atoms. The summed E-state index contributed by atoms with van der Waals surface area (Å²) in [5.41, 5.74) is 7.83. The highest BCUT2D eigenvalue weighted by atomic mass is 16.4.